The fourth-order valence-corrected chi connectivity index (χ4v) is 4.02. The summed E-state index contributed by atoms with van der Waals surface area (Å²) in [6.45, 7) is 6.29. The number of hydrogen-bond acceptors (Lipinski definition) is 5. The smallest absolute Gasteiger partial charge is 0.243 e. The van der Waals surface area contributed by atoms with Crippen LogP contribution in [0.5, 0.6) is 0 Å². The average Bonchev–Trinajstić information content (AvgIpc) is 3.19. The summed E-state index contributed by atoms with van der Waals surface area (Å²) in [5.41, 5.74) is 4.25. The molecule has 3 aromatic rings. The Hall–Kier alpha value is -3.06. The van der Waals surface area contributed by atoms with Crippen LogP contribution in [0.3, 0.4) is 0 Å². The molecule has 0 aromatic carbocycles. The van der Waals surface area contributed by atoms with Crippen molar-refractivity contribution in [2.75, 3.05) is 13.1 Å². The second kappa shape index (κ2) is 9.17. The first kappa shape index (κ1) is 20.2. The van der Waals surface area contributed by atoms with Gasteiger partial charge in [0, 0.05) is 56.9 Å². The highest BCUT2D eigenvalue weighted by atomic mass is 16.2. The Balaban J connectivity index is 1.56. The summed E-state index contributed by atoms with van der Waals surface area (Å²) in [5, 5.41) is 3.15. The molecule has 1 amide bonds. The highest BCUT2D eigenvalue weighted by Crippen LogP contribution is 2.32. The lowest BCUT2D eigenvalue weighted by Crippen LogP contribution is -2.45. The molecule has 3 aromatic heterocycles. The zero-order valence-electron chi connectivity index (χ0n) is 17.5. The van der Waals surface area contributed by atoms with Crippen molar-refractivity contribution in [3.63, 3.8) is 0 Å². The maximum Gasteiger partial charge on any atom is 0.243 e. The number of hydrogen-bond donors (Lipinski definition) is 1. The van der Waals surface area contributed by atoms with E-state index in [1.54, 1.807) is 12.4 Å². The van der Waals surface area contributed by atoms with Crippen LogP contribution in [0.4, 0.5) is 0 Å². The molecule has 0 radical (unpaired) electrons. The maximum atomic E-state index is 13.4. The standard InChI is InChI=1S/C23H28N6O/c1-17(2)29-16-27-20-8-12-28(15-19-6-4-10-25-14-19)22(21(20)29)23(30)26-11-7-18-5-3-9-24-13-18/h3-6,9-10,13-14,16-17,22H,7-8,11-12,15H2,1-2H3,(H,26,30). The minimum absolute atomic E-state index is 0.0196. The fourth-order valence-electron chi connectivity index (χ4n) is 4.02. The number of fused-ring (bicyclic) bond motifs is 1. The third-order valence-electron chi connectivity index (χ3n) is 5.52. The molecule has 30 heavy (non-hydrogen) atoms. The topological polar surface area (TPSA) is 75.9 Å². The Morgan fingerprint density at radius 3 is 2.57 bits per heavy atom. The van der Waals surface area contributed by atoms with Crippen molar-refractivity contribution in [2.45, 2.75) is 45.3 Å². The van der Waals surface area contributed by atoms with Crippen LogP contribution in [-0.2, 0) is 24.2 Å². The van der Waals surface area contributed by atoms with Crippen molar-refractivity contribution >= 4 is 5.91 Å². The van der Waals surface area contributed by atoms with Crippen LogP contribution in [0.15, 0.2) is 55.4 Å². The fraction of sp³-hybridized carbons (Fsp3) is 0.391. The number of pyridine rings is 2. The first-order valence-electron chi connectivity index (χ1n) is 10.5. The minimum atomic E-state index is -0.368. The molecule has 0 bridgehead atoms. The molecule has 1 aliphatic heterocycles. The molecule has 0 saturated heterocycles. The predicted octanol–water partition coefficient (Wildman–Crippen LogP) is 2.71. The SMILES string of the molecule is CC(C)n1cnc2c1C(C(=O)NCCc1cccnc1)N(Cc1cccnc1)CC2. The van der Waals surface area contributed by atoms with E-state index in [4.69, 9.17) is 0 Å². The van der Waals surface area contributed by atoms with Gasteiger partial charge in [-0.05, 0) is 43.5 Å². The first-order chi connectivity index (χ1) is 14.6. The predicted molar refractivity (Wildman–Crippen MR) is 115 cm³/mol. The van der Waals surface area contributed by atoms with Crippen LogP contribution >= 0.6 is 0 Å². The highest BCUT2D eigenvalue weighted by Gasteiger charge is 2.36. The Kier molecular flexibility index (Phi) is 6.18. The Morgan fingerprint density at radius 1 is 1.17 bits per heavy atom. The third kappa shape index (κ3) is 4.41. The molecular weight excluding hydrogens is 376 g/mol. The molecule has 7 heteroatoms. The summed E-state index contributed by atoms with van der Waals surface area (Å²) in [4.78, 5) is 28.6. The molecule has 0 spiro atoms. The molecule has 4 rings (SSSR count). The van der Waals surface area contributed by atoms with Crippen LogP contribution in [0.1, 0.15) is 48.4 Å². The summed E-state index contributed by atoms with van der Waals surface area (Å²) in [7, 11) is 0. The van der Waals surface area contributed by atoms with Crippen molar-refractivity contribution in [3.8, 4) is 0 Å². The van der Waals surface area contributed by atoms with Crippen LogP contribution in [0.2, 0.25) is 0 Å². The summed E-state index contributed by atoms with van der Waals surface area (Å²) >= 11 is 0. The van der Waals surface area contributed by atoms with E-state index >= 15 is 0 Å². The summed E-state index contributed by atoms with van der Waals surface area (Å²) in [6.07, 6.45) is 10.7. The molecule has 0 fully saturated rings. The second-order valence-corrected chi connectivity index (χ2v) is 7.96. The van der Waals surface area contributed by atoms with Gasteiger partial charge in [-0.3, -0.25) is 19.7 Å². The van der Waals surface area contributed by atoms with E-state index in [-0.39, 0.29) is 18.0 Å². The first-order valence-corrected chi connectivity index (χ1v) is 10.5. The number of carbonyl (C=O) groups is 1. The van der Waals surface area contributed by atoms with Gasteiger partial charge in [0.1, 0.15) is 6.04 Å². The van der Waals surface area contributed by atoms with E-state index < -0.39 is 0 Å². The minimum Gasteiger partial charge on any atom is -0.354 e. The molecular formula is C23H28N6O. The Labute approximate surface area is 177 Å². The van der Waals surface area contributed by atoms with Gasteiger partial charge in [0.25, 0.3) is 0 Å². The molecule has 0 aliphatic carbocycles. The molecule has 1 atom stereocenters. The number of nitrogens with zero attached hydrogens (tertiary/aromatic N) is 5. The number of aromatic nitrogens is 4. The van der Waals surface area contributed by atoms with Gasteiger partial charge in [0.15, 0.2) is 0 Å². The zero-order chi connectivity index (χ0) is 20.9. The second-order valence-electron chi connectivity index (χ2n) is 7.96. The number of rotatable bonds is 7. The zero-order valence-corrected chi connectivity index (χ0v) is 17.5. The van der Waals surface area contributed by atoms with Crippen molar-refractivity contribution in [3.05, 3.63) is 77.9 Å². The van der Waals surface area contributed by atoms with Crippen molar-refractivity contribution in [1.29, 1.82) is 0 Å². The quantitative estimate of drug-likeness (QED) is 0.655. The molecule has 1 unspecified atom stereocenters. The molecule has 4 heterocycles. The third-order valence-corrected chi connectivity index (χ3v) is 5.52. The molecule has 7 nitrogen and oxygen atoms in total. The van der Waals surface area contributed by atoms with E-state index in [1.165, 1.54) is 0 Å². The van der Waals surface area contributed by atoms with Gasteiger partial charge in [0.05, 0.1) is 17.7 Å². The maximum absolute atomic E-state index is 13.4. The molecule has 1 aliphatic rings. The molecule has 0 saturated carbocycles. The van der Waals surface area contributed by atoms with Crippen LogP contribution in [0.25, 0.3) is 0 Å². The summed E-state index contributed by atoms with van der Waals surface area (Å²) < 4.78 is 2.14. The Morgan fingerprint density at radius 2 is 1.90 bits per heavy atom. The van der Waals surface area contributed by atoms with E-state index in [9.17, 15) is 4.79 Å². The number of carbonyl (C=O) groups excluding carboxylic acids is 1. The van der Waals surface area contributed by atoms with Gasteiger partial charge >= 0.3 is 0 Å². The largest absolute Gasteiger partial charge is 0.354 e. The number of amides is 1. The van der Waals surface area contributed by atoms with Gasteiger partial charge in [-0.15, -0.1) is 0 Å². The van der Waals surface area contributed by atoms with E-state index in [1.807, 2.05) is 36.9 Å². The van der Waals surface area contributed by atoms with Gasteiger partial charge in [-0.2, -0.15) is 0 Å². The number of nitrogens with one attached hydrogen (secondary N) is 1. The normalized spacial score (nSPS) is 16.4. The van der Waals surface area contributed by atoms with E-state index in [0.717, 1.165) is 41.9 Å². The summed E-state index contributed by atoms with van der Waals surface area (Å²) in [6, 6.07) is 7.81. The summed E-state index contributed by atoms with van der Waals surface area (Å²) in [5.74, 6) is 0.0196. The highest BCUT2D eigenvalue weighted by molar-refractivity contribution is 5.83. The van der Waals surface area contributed by atoms with Gasteiger partial charge in [0.2, 0.25) is 5.91 Å². The van der Waals surface area contributed by atoms with Crippen molar-refractivity contribution < 1.29 is 4.79 Å². The Bertz CT molecular complexity index is 970. The molecule has 156 valence electrons. The number of imidazole rings is 1. The van der Waals surface area contributed by atoms with Gasteiger partial charge < -0.3 is 9.88 Å². The van der Waals surface area contributed by atoms with E-state index in [0.29, 0.717) is 13.1 Å². The lowest BCUT2D eigenvalue weighted by molar-refractivity contribution is -0.127. The van der Waals surface area contributed by atoms with Crippen LogP contribution in [-0.4, -0.2) is 43.4 Å². The lowest BCUT2D eigenvalue weighted by Gasteiger charge is -2.35. The van der Waals surface area contributed by atoms with Gasteiger partial charge in [-0.1, -0.05) is 12.1 Å². The monoisotopic (exact) mass is 404 g/mol. The van der Waals surface area contributed by atoms with Crippen LogP contribution in [0, 0.1) is 0 Å². The average molecular weight is 405 g/mol. The van der Waals surface area contributed by atoms with E-state index in [2.05, 4.69) is 49.6 Å². The van der Waals surface area contributed by atoms with Gasteiger partial charge in [-0.25, -0.2) is 4.98 Å². The lowest BCUT2D eigenvalue weighted by atomic mass is 10.00. The van der Waals surface area contributed by atoms with Crippen molar-refractivity contribution in [2.24, 2.45) is 0 Å². The van der Waals surface area contributed by atoms with Crippen LogP contribution < -0.4 is 5.32 Å². The van der Waals surface area contributed by atoms with Crippen molar-refractivity contribution in [1.82, 2.24) is 29.7 Å². The molecule has 1 N–H and O–H groups in total.